The van der Waals surface area contributed by atoms with Gasteiger partial charge in [-0.3, -0.25) is 4.79 Å². The molecule has 0 aromatic carbocycles. The Balaban J connectivity index is 3.06. The van der Waals surface area contributed by atoms with Gasteiger partial charge in [-0.2, -0.15) is 0 Å². The second kappa shape index (κ2) is 6.00. The van der Waals surface area contributed by atoms with Crippen molar-refractivity contribution in [1.82, 2.24) is 5.32 Å². The van der Waals surface area contributed by atoms with Gasteiger partial charge in [0, 0.05) is 0 Å². The average molecular weight is 173 g/mol. The quantitative estimate of drug-likeness (QED) is 0.484. The normalized spacial score (nSPS) is 11.2. The first-order chi connectivity index (χ1) is 5.56. The fourth-order valence-corrected chi connectivity index (χ4v) is 0.792. The summed E-state index contributed by atoms with van der Waals surface area (Å²) in [6.07, 6.45) is 0.884. The van der Waals surface area contributed by atoms with Crippen LogP contribution in [0.2, 0.25) is 0 Å². The molecular formula is C9H19NO2. The summed E-state index contributed by atoms with van der Waals surface area (Å²) >= 11 is 0. The molecule has 0 aliphatic rings. The van der Waals surface area contributed by atoms with Crippen molar-refractivity contribution in [3.05, 3.63) is 0 Å². The Morgan fingerprint density at radius 2 is 2.08 bits per heavy atom. The topological polar surface area (TPSA) is 38.3 Å². The largest absolute Gasteiger partial charge is 0.468 e. The highest BCUT2D eigenvalue weighted by Crippen LogP contribution is 2.09. The van der Waals surface area contributed by atoms with Crippen LogP contribution in [0.15, 0.2) is 0 Å². The van der Waals surface area contributed by atoms with Crippen LogP contribution in [0.25, 0.3) is 0 Å². The summed E-state index contributed by atoms with van der Waals surface area (Å²) in [5.41, 5.74) is 0.325. The van der Waals surface area contributed by atoms with E-state index in [1.165, 1.54) is 0 Å². The second-order valence-electron chi connectivity index (χ2n) is 4.06. The summed E-state index contributed by atoms with van der Waals surface area (Å²) in [6.45, 7) is 9.45. The summed E-state index contributed by atoms with van der Waals surface area (Å²) in [5, 5.41) is 3.29. The molecule has 0 aliphatic carbocycles. The Kier molecular flexibility index (Phi) is 5.72. The van der Waals surface area contributed by atoms with Crippen molar-refractivity contribution in [3.8, 4) is 0 Å². The lowest BCUT2D eigenvalue weighted by atomic mass is 9.97. The van der Waals surface area contributed by atoms with E-state index in [0.717, 1.165) is 19.5 Å². The van der Waals surface area contributed by atoms with Crippen LogP contribution in [0.1, 0.15) is 27.2 Å². The van der Waals surface area contributed by atoms with E-state index < -0.39 is 0 Å². The van der Waals surface area contributed by atoms with E-state index in [4.69, 9.17) is 0 Å². The van der Waals surface area contributed by atoms with Crippen LogP contribution in [0.4, 0.5) is 0 Å². The highest BCUT2D eigenvalue weighted by molar-refractivity contribution is 5.36. The van der Waals surface area contributed by atoms with Gasteiger partial charge < -0.3 is 10.1 Å². The molecule has 0 unspecified atom stereocenters. The van der Waals surface area contributed by atoms with Gasteiger partial charge in [0.15, 0.2) is 0 Å². The minimum absolute atomic E-state index is 0.325. The molecule has 1 N–H and O–H groups in total. The van der Waals surface area contributed by atoms with Crippen molar-refractivity contribution >= 4 is 6.47 Å². The number of ether oxygens (including phenoxy) is 1. The molecule has 0 atom stereocenters. The van der Waals surface area contributed by atoms with Gasteiger partial charge in [0.2, 0.25) is 0 Å². The van der Waals surface area contributed by atoms with Gasteiger partial charge in [-0.1, -0.05) is 20.8 Å². The first kappa shape index (κ1) is 11.4. The molecule has 0 saturated heterocycles. The molecule has 0 radical (unpaired) electrons. The first-order valence-electron chi connectivity index (χ1n) is 4.32. The standard InChI is InChI=1S/C9H19NO2/c1-9(2,3)7-10-5-4-6-12-8-11/h8,10H,4-7H2,1-3H3. The molecule has 0 spiro atoms. The van der Waals surface area contributed by atoms with Crippen LogP contribution < -0.4 is 5.32 Å². The van der Waals surface area contributed by atoms with E-state index in [0.29, 0.717) is 18.5 Å². The van der Waals surface area contributed by atoms with Gasteiger partial charge in [-0.25, -0.2) is 0 Å². The fourth-order valence-electron chi connectivity index (χ4n) is 0.792. The van der Waals surface area contributed by atoms with Crippen molar-refractivity contribution in [2.24, 2.45) is 5.41 Å². The molecule has 0 saturated carbocycles. The zero-order chi connectivity index (χ0) is 9.45. The molecule has 0 heterocycles. The highest BCUT2D eigenvalue weighted by Gasteiger charge is 2.07. The van der Waals surface area contributed by atoms with E-state index >= 15 is 0 Å². The minimum atomic E-state index is 0.325. The highest BCUT2D eigenvalue weighted by atomic mass is 16.5. The summed E-state index contributed by atoms with van der Waals surface area (Å²) < 4.78 is 4.55. The van der Waals surface area contributed by atoms with Crippen LogP contribution >= 0.6 is 0 Å². The van der Waals surface area contributed by atoms with E-state index in [-0.39, 0.29) is 0 Å². The monoisotopic (exact) mass is 173 g/mol. The molecule has 0 aliphatic heterocycles. The van der Waals surface area contributed by atoms with E-state index in [1.54, 1.807) is 0 Å². The Labute approximate surface area is 74.5 Å². The van der Waals surface area contributed by atoms with Crippen molar-refractivity contribution in [1.29, 1.82) is 0 Å². The smallest absolute Gasteiger partial charge is 0.293 e. The third-order valence-electron chi connectivity index (χ3n) is 1.34. The molecule has 0 rings (SSSR count). The zero-order valence-corrected chi connectivity index (χ0v) is 8.22. The fraction of sp³-hybridized carbons (Fsp3) is 0.889. The predicted molar refractivity (Wildman–Crippen MR) is 49.0 cm³/mol. The van der Waals surface area contributed by atoms with Crippen molar-refractivity contribution in [3.63, 3.8) is 0 Å². The Morgan fingerprint density at radius 3 is 2.58 bits per heavy atom. The van der Waals surface area contributed by atoms with Crippen LogP contribution in [-0.2, 0) is 9.53 Å². The summed E-state index contributed by atoms with van der Waals surface area (Å²) in [5.74, 6) is 0. The Bertz CT molecular complexity index is 118. The molecular weight excluding hydrogens is 154 g/mol. The SMILES string of the molecule is CC(C)(C)CNCCCOC=O. The maximum absolute atomic E-state index is 9.75. The number of nitrogens with one attached hydrogen (secondary N) is 1. The molecule has 0 aromatic heterocycles. The first-order valence-corrected chi connectivity index (χ1v) is 4.32. The molecule has 3 nitrogen and oxygen atoms in total. The molecule has 12 heavy (non-hydrogen) atoms. The lowest BCUT2D eigenvalue weighted by Gasteiger charge is -2.18. The van der Waals surface area contributed by atoms with E-state index in [9.17, 15) is 4.79 Å². The van der Waals surface area contributed by atoms with Crippen LogP contribution in [0.3, 0.4) is 0 Å². The lowest BCUT2D eigenvalue weighted by Crippen LogP contribution is -2.28. The van der Waals surface area contributed by atoms with E-state index in [1.807, 2.05) is 0 Å². The Hall–Kier alpha value is -0.570. The number of carbonyl (C=O) groups excluding carboxylic acids is 1. The minimum Gasteiger partial charge on any atom is -0.468 e. The van der Waals surface area contributed by atoms with Gasteiger partial charge in [-0.05, 0) is 24.9 Å². The third-order valence-corrected chi connectivity index (χ3v) is 1.34. The molecule has 0 fully saturated rings. The van der Waals surface area contributed by atoms with Gasteiger partial charge in [0.1, 0.15) is 0 Å². The average Bonchev–Trinajstić information content (AvgIpc) is 1.94. The van der Waals surface area contributed by atoms with Crippen molar-refractivity contribution in [2.75, 3.05) is 19.7 Å². The van der Waals surface area contributed by atoms with Gasteiger partial charge in [0.05, 0.1) is 6.61 Å². The second-order valence-corrected chi connectivity index (χ2v) is 4.06. The summed E-state index contributed by atoms with van der Waals surface area (Å²) in [7, 11) is 0. The van der Waals surface area contributed by atoms with Crippen LogP contribution in [0, 0.1) is 5.41 Å². The lowest BCUT2D eigenvalue weighted by molar-refractivity contribution is -0.128. The number of carbonyl (C=O) groups is 1. The zero-order valence-electron chi connectivity index (χ0n) is 8.22. The maximum Gasteiger partial charge on any atom is 0.293 e. The van der Waals surface area contributed by atoms with Gasteiger partial charge in [-0.15, -0.1) is 0 Å². The number of hydrogen-bond acceptors (Lipinski definition) is 3. The molecule has 72 valence electrons. The Morgan fingerprint density at radius 1 is 1.42 bits per heavy atom. The van der Waals surface area contributed by atoms with Crippen molar-refractivity contribution in [2.45, 2.75) is 27.2 Å². The molecule has 3 heteroatoms. The van der Waals surface area contributed by atoms with Crippen LogP contribution in [0.5, 0.6) is 0 Å². The molecule has 0 amide bonds. The maximum atomic E-state index is 9.75. The molecule has 0 bridgehead atoms. The summed E-state index contributed by atoms with van der Waals surface area (Å²) in [6, 6.07) is 0. The van der Waals surface area contributed by atoms with Gasteiger partial charge in [0.25, 0.3) is 6.47 Å². The predicted octanol–water partition coefficient (Wildman–Crippen LogP) is 1.19. The van der Waals surface area contributed by atoms with E-state index in [2.05, 4.69) is 30.8 Å². The number of rotatable bonds is 6. The molecule has 0 aromatic rings. The van der Waals surface area contributed by atoms with Gasteiger partial charge >= 0.3 is 0 Å². The van der Waals surface area contributed by atoms with Crippen molar-refractivity contribution < 1.29 is 9.53 Å². The summed E-state index contributed by atoms with van der Waals surface area (Å²) in [4.78, 5) is 9.75. The number of hydrogen-bond donors (Lipinski definition) is 1. The third kappa shape index (κ3) is 9.43. The van der Waals surface area contributed by atoms with Crippen LogP contribution in [-0.4, -0.2) is 26.2 Å².